The van der Waals surface area contributed by atoms with Gasteiger partial charge in [-0.15, -0.1) is 0 Å². The third-order valence-electron chi connectivity index (χ3n) is 5.49. The summed E-state index contributed by atoms with van der Waals surface area (Å²) in [5.41, 5.74) is 2.53. The number of rotatable bonds is 5. The van der Waals surface area contributed by atoms with Crippen LogP contribution in [0.4, 0.5) is 0 Å². The van der Waals surface area contributed by atoms with Crippen molar-refractivity contribution in [2.24, 2.45) is 0 Å². The fraction of sp³-hybridized carbons (Fsp3) is 0.160. The van der Waals surface area contributed by atoms with E-state index in [1.54, 1.807) is 55.9 Å². The Bertz CT molecular complexity index is 1200. The summed E-state index contributed by atoms with van der Waals surface area (Å²) in [4.78, 5) is 31.6. The summed E-state index contributed by atoms with van der Waals surface area (Å²) in [6.07, 6.45) is 3.25. The number of amides is 1. The van der Waals surface area contributed by atoms with E-state index < -0.39 is 17.7 Å². The van der Waals surface area contributed by atoms with E-state index in [-0.39, 0.29) is 23.6 Å². The van der Waals surface area contributed by atoms with Crippen molar-refractivity contribution in [2.75, 3.05) is 7.11 Å². The van der Waals surface area contributed by atoms with Crippen LogP contribution in [0, 0.1) is 6.92 Å². The summed E-state index contributed by atoms with van der Waals surface area (Å²) in [6.45, 7) is 1.97. The predicted molar refractivity (Wildman–Crippen MR) is 118 cm³/mol. The molecule has 0 aliphatic carbocycles. The van der Waals surface area contributed by atoms with Crippen LogP contribution in [0.25, 0.3) is 5.76 Å². The number of hydrogen-bond donors (Lipinski definition) is 2. The lowest BCUT2D eigenvalue weighted by atomic mass is 9.94. The standard InChI is InChI=1S/C25H22N2O5/c1-15-12-18(7-10-20(15)32-2)23(29)21-22(17-5-8-19(28)9-6-17)27(25(31)24(21)30)14-16-4-3-11-26-13-16/h3-13,22,28-29H,14H2,1-2H3/b23-21+/t22-/m0/s1. The van der Waals surface area contributed by atoms with Crippen LogP contribution in [0.1, 0.15) is 28.3 Å². The van der Waals surface area contributed by atoms with E-state index in [9.17, 15) is 19.8 Å². The van der Waals surface area contributed by atoms with Crippen LogP contribution in [-0.4, -0.2) is 38.9 Å². The molecule has 7 nitrogen and oxygen atoms in total. The van der Waals surface area contributed by atoms with Crippen LogP contribution in [0.5, 0.6) is 11.5 Å². The second-order valence-corrected chi connectivity index (χ2v) is 7.56. The maximum atomic E-state index is 13.1. The third-order valence-corrected chi connectivity index (χ3v) is 5.49. The maximum absolute atomic E-state index is 13.1. The summed E-state index contributed by atoms with van der Waals surface area (Å²) >= 11 is 0. The van der Waals surface area contributed by atoms with Gasteiger partial charge >= 0.3 is 0 Å². The van der Waals surface area contributed by atoms with E-state index in [2.05, 4.69) is 4.98 Å². The zero-order chi connectivity index (χ0) is 22.8. The highest BCUT2D eigenvalue weighted by Gasteiger charge is 2.46. The van der Waals surface area contributed by atoms with Gasteiger partial charge in [-0.1, -0.05) is 18.2 Å². The monoisotopic (exact) mass is 430 g/mol. The molecular formula is C25H22N2O5. The van der Waals surface area contributed by atoms with Gasteiger partial charge < -0.3 is 19.8 Å². The molecular weight excluding hydrogens is 408 g/mol. The highest BCUT2D eigenvalue weighted by Crippen LogP contribution is 2.41. The summed E-state index contributed by atoms with van der Waals surface area (Å²) < 4.78 is 5.27. The Morgan fingerprint density at radius 2 is 1.88 bits per heavy atom. The summed E-state index contributed by atoms with van der Waals surface area (Å²) in [5, 5.41) is 20.9. The number of methoxy groups -OCH3 is 1. The van der Waals surface area contributed by atoms with E-state index in [1.807, 2.05) is 13.0 Å². The molecule has 32 heavy (non-hydrogen) atoms. The Morgan fingerprint density at radius 1 is 1.12 bits per heavy atom. The largest absolute Gasteiger partial charge is 0.508 e. The number of pyridine rings is 1. The van der Waals surface area contributed by atoms with Crippen LogP contribution in [0.3, 0.4) is 0 Å². The maximum Gasteiger partial charge on any atom is 0.295 e. The average Bonchev–Trinajstić information content (AvgIpc) is 3.04. The minimum Gasteiger partial charge on any atom is -0.508 e. The SMILES string of the molecule is COc1ccc(/C(O)=C2\C(=O)C(=O)N(Cc3cccnc3)[C@H]2c2ccc(O)cc2)cc1C. The first-order valence-electron chi connectivity index (χ1n) is 10.0. The summed E-state index contributed by atoms with van der Waals surface area (Å²) in [7, 11) is 1.55. The highest BCUT2D eigenvalue weighted by molar-refractivity contribution is 6.46. The number of nitrogens with zero attached hydrogens (tertiary/aromatic N) is 2. The van der Waals surface area contributed by atoms with Crippen molar-refractivity contribution in [3.63, 3.8) is 0 Å². The van der Waals surface area contributed by atoms with Crippen LogP contribution in [-0.2, 0) is 16.1 Å². The second kappa shape index (κ2) is 8.55. The predicted octanol–water partition coefficient (Wildman–Crippen LogP) is 3.73. The van der Waals surface area contributed by atoms with Gasteiger partial charge in [0.25, 0.3) is 11.7 Å². The molecule has 1 fully saturated rings. The van der Waals surface area contributed by atoms with Gasteiger partial charge in [0.05, 0.1) is 18.7 Å². The number of ether oxygens (including phenoxy) is 1. The zero-order valence-corrected chi connectivity index (χ0v) is 17.6. The van der Waals surface area contributed by atoms with Gasteiger partial charge in [-0.2, -0.15) is 0 Å². The number of carbonyl (C=O) groups is 2. The van der Waals surface area contributed by atoms with Gasteiger partial charge in [0.15, 0.2) is 0 Å². The zero-order valence-electron chi connectivity index (χ0n) is 17.6. The topological polar surface area (TPSA) is 100.0 Å². The van der Waals surface area contributed by atoms with Gasteiger partial charge in [0.2, 0.25) is 0 Å². The van der Waals surface area contributed by atoms with E-state index in [4.69, 9.17) is 4.74 Å². The third kappa shape index (κ3) is 3.80. The minimum atomic E-state index is -0.821. The molecule has 1 aromatic heterocycles. The molecule has 1 aliphatic rings. The molecule has 3 aromatic rings. The molecule has 0 saturated carbocycles. The van der Waals surface area contributed by atoms with Crippen molar-refractivity contribution in [3.05, 3.63) is 94.8 Å². The van der Waals surface area contributed by atoms with E-state index in [1.165, 1.54) is 17.0 Å². The molecule has 1 atom stereocenters. The molecule has 2 heterocycles. The number of aromatic hydroxyl groups is 1. The van der Waals surface area contributed by atoms with Crippen molar-refractivity contribution in [1.82, 2.24) is 9.88 Å². The number of aryl methyl sites for hydroxylation is 1. The van der Waals surface area contributed by atoms with Crippen molar-refractivity contribution >= 4 is 17.4 Å². The van der Waals surface area contributed by atoms with Crippen molar-refractivity contribution in [2.45, 2.75) is 19.5 Å². The molecule has 1 aliphatic heterocycles. The summed E-state index contributed by atoms with van der Waals surface area (Å²) in [5.74, 6) is -1.03. The fourth-order valence-electron chi connectivity index (χ4n) is 3.92. The summed E-state index contributed by atoms with van der Waals surface area (Å²) in [6, 6.07) is 14.0. The number of aromatic nitrogens is 1. The number of ketones is 1. The number of phenols is 1. The van der Waals surface area contributed by atoms with E-state index in [0.717, 1.165) is 11.1 Å². The second-order valence-electron chi connectivity index (χ2n) is 7.56. The Labute approximate surface area is 185 Å². The van der Waals surface area contributed by atoms with Crippen molar-refractivity contribution in [1.29, 1.82) is 0 Å². The highest BCUT2D eigenvalue weighted by atomic mass is 16.5. The molecule has 162 valence electrons. The number of aliphatic hydroxyl groups excluding tert-OH is 1. The van der Waals surface area contributed by atoms with Crippen LogP contribution in [0.15, 0.2) is 72.6 Å². The number of Topliss-reactive ketones (excluding diaryl/α,β-unsaturated/α-hetero) is 1. The molecule has 0 radical (unpaired) electrons. The van der Waals surface area contributed by atoms with Crippen LogP contribution in [0.2, 0.25) is 0 Å². The van der Waals surface area contributed by atoms with Gasteiger partial charge in [-0.25, -0.2) is 0 Å². The number of benzene rings is 2. The Kier molecular flexibility index (Phi) is 5.64. The Hall–Kier alpha value is -4.13. The minimum absolute atomic E-state index is 0.00542. The Balaban J connectivity index is 1.86. The molecule has 0 spiro atoms. The lowest BCUT2D eigenvalue weighted by Gasteiger charge is -2.25. The van der Waals surface area contributed by atoms with Crippen molar-refractivity contribution in [3.8, 4) is 11.5 Å². The first kappa shape index (κ1) is 21.1. The lowest BCUT2D eigenvalue weighted by Crippen LogP contribution is -2.29. The number of carbonyl (C=O) groups excluding carboxylic acids is 2. The average molecular weight is 430 g/mol. The van der Waals surface area contributed by atoms with Gasteiger partial charge in [-0.05, 0) is 60.0 Å². The molecule has 7 heteroatoms. The fourth-order valence-corrected chi connectivity index (χ4v) is 3.92. The first-order valence-corrected chi connectivity index (χ1v) is 10.0. The normalized spacial score (nSPS) is 17.6. The van der Waals surface area contributed by atoms with Crippen LogP contribution < -0.4 is 4.74 Å². The molecule has 2 N–H and O–H groups in total. The molecule has 4 rings (SSSR count). The Morgan fingerprint density at radius 3 is 2.50 bits per heavy atom. The van der Waals surface area contributed by atoms with Crippen molar-refractivity contribution < 1.29 is 24.5 Å². The molecule has 1 saturated heterocycles. The molecule has 1 amide bonds. The first-order chi connectivity index (χ1) is 15.4. The van der Waals surface area contributed by atoms with E-state index >= 15 is 0 Å². The van der Waals surface area contributed by atoms with Gasteiger partial charge in [0.1, 0.15) is 17.3 Å². The smallest absolute Gasteiger partial charge is 0.295 e. The lowest BCUT2D eigenvalue weighted by molar-refractivity contribution is -0.140. The number of phenolic OH excluding ortho intramolecular Hbond substituents is 1. The quantitative estimate of drug-likeness (QED) is 0.364. The van der Waals surface area contributed by atoms with Crippen LogP contribution >= 0.6 is 0 Å². The van der Waals surface area contributed by atoms with E-state index in [0.29, 0.717) is 16.9 Å². The number of aliphatic hydroxyl groups is 1. The molecule has 0 unspecified atom stereocenters. The number of hydrogen-bond acceptors (Lipinski definition) is 6. The van der Waals surface area contributed by atoms with Gasteiger partial charge in [0, 0.05) is 24.5 Å². The molecule has 2 aromatic carbocycles. The number of likely N-dealkylation sites (tertiary alicyclic amines) is 1. The van der Waals surface area contributed by atoms with Gasteiger partial charge in [-0.3, -0.25) is 14.6 Å². The molecule has 0 bridgehead atoms.